The molecule has 2 fully saturated rings. The number of amides is 2. The van der Waals surface area contributed by atoms with Crippen molar-refractivity contribution in [1.29, 1.82) is 0 Å². The molecule has 4 atom stereocenters. The molecule has 1 aliphatic carbocycles. The van der Waals surface area contributed by atoms with Gasteiger partial charge in [0.05, 0.1) is 24.5 Å². The number of carbonyl (C=O) groups excluding carboxylic acids is 2. The Balaban J connectivity index is 1.28. The number of hydrogen-bond acceptors (Lipinski definition) is 5. The second-order valence-corrected chi connectivity index (χ2v) is 11.2. The highest BCUT2D eigenvalue weighted by atomic mass is 16.5. The number of carboxylic acid groups (broad SMARTS) is 1. The number of likely N-dealkylation sites (tertiary alicyclic amines) is 1. The number of phenolic OH excluding ortho intramolecular Hbond substituents is 1. The number of allylic oxidation sites excluding steroid dienone is 2. The Kier molecular flexibility index (Phi) is 8.50. The second-order valence-electron chi connectivity index (χ2n) is 11.2. The predicted molar refractivity (Wildman–Crippen MR) is 152 cm³/mol. The first-order valence-electron chi connectivity index (χ1n) is 14.3. The first kappa shape index (κ1) is 27.8. The van der Waals surface area contributed by atoms with Crippen LogP contribution in [0.2, 0.25) is 0 Å². The summed E-state index contributed by atoms with van der Waals surface area (Å²) in [5.74, 6) is -1.52. The number of aromatic hydroxyl groups is 1. The Bertz CT molecular complexity index is 1310. The average Bonchev–Trinajstić information content (AvgIpc) is 3.47. The van der Waals surface area contributed by atoms with Crippen molar-refractivity contribution in [2.75, 3.05) is 13.2 Å². The maximum atomic E-state index is 13.5. The van der Waals surface area contributed by atoms with Crippen LogP contribution in [-0.4, -0.2) is 52.2 Å². The van der Waals surface area contributed by atoms with Crippen LogP contribution >= 0.6 is 0 Å². The fourth-order valence-corrected chi connectivity index (χ4v) is 6.65. The number of nitrogens with zero attached hydrogens (tertiary/aromatic N) is 1. The van der Waals surface area contributed by atoms with E-state index in [-0.39, 0.29) is 47.8 Å². The SMILES string of the molecule is CC1=C2[C@@H](CC/C(=C/c3ccc(O)cc3)c3ccccc3)OC[C@@H]2[C@@H]2C(=O)N(CCCCCC(=O)O)C(=O)[C@@H]2C1. The van der Waals surface area contributed by atoms with Gasteiger partial charge >= 0.3 is 5.97 Å². The highest BCUT2D eigenvalue weighted by Crippen LogP contribution is 2.50. The normalized spacial score (nSPS) is 24.4. The van der Waals surface area contributed by atoms with Gasteiger partial charge < -0.3 is 14.9 Å². The Morgan fingerprint density at radius 1 is 0.975 bits per heavy atom. The predicted octanol–water partition coefficient (Wildman–Crippen LogP) is 5.69. The number of carbonyl (C=O) groups is 3. The molecular weight excluding hydrogens is 506 g/mol. The van der Waals surface area contributed by atoms with E-state index >= 15 is 0 Å². The number of unbranched alkanes of at least 4 members (excludes halogenated alkanes) is 2. The quantitative estimate of drug-likeness (QED) is 0.163. The smallest absolute Gasteiger partial charge is 0.303 e. The molecule has 2 amide bonds. The van der Waals surface area contributed by atoms with Crippen LogP contribution in [-0.2, 0) is 19.1 Å². The molecule has 3 aliphatic rings. The highest BCUT2D eigenvalue weighted by Gasteiger charge is 2.56. The maximum Gasteiger partial charge on any atom is 0.303 e. The lowest BCUT2D eigenvalue weighted by molar-refractivity contribution is -0.141. The molecule has 2 saturated heterocycles. The lowest BCUT2D eigenvalue weighted by atomic mass is 9.70. The van der Waals surface area contributed by atoms with E-state index in [9.17, 15) is 19.5 Å². The van der Waals surface area contributed by atoms with Crippen molar-refractivity contribution in [3.05, 3.63) is 76.9 Å². The van der Waals surface area contributed by atoms with Gasteiger partial charge in [-0.1, -0.05) is 60.5 Å². The zero-order chi connectivity index (χ0) is 28.2. The molecule has 0 bridgehead atoms. The largest absolute Gasteiger partial charge is 0.508 e. The van der Waals surface area contributed by atoms with E-state index in [4.69, 9.17) is 9.84 Å². The highest BCUT2D eigenvalue weighted by molar-refractivity contribution is 6.06. The van der Waals surface area contributed by atoms with Crippen molar-refractivity contribution in [2.24, 2.45) is 17.8 Å². The molecule has 7 nitrogen and oxygen atoms in total. The number of phenols is 1. The van der Waals surface area contributed by atoms with Gasteiger partial charge in [0.2, 0.25) is 11.8 Å². The van der Waals surface area contributed by atoms with Crippen LogP contribution in [0.15, 0.2) is 65.7 Å². The third kappa shape index (κ3) is 5.89. The van der Waals surface area contributed by atoms with Gasteiger partial charge in [-0.25, -0.2) is 0 Å². The number of hydrogen-bond donors (Lipinski definition) is 2. The Hall–Kier alpha value is -3.71. The van der Waals surface area contributed by atoms with Crippen LogP contribution in [0.25, 0.3) is 11.6 Å². The fourth-order valence-electron chi connectivity index (χ4n) is 6.65. The standard InChI is InChI=1S/C33H37NO6/c1-21-18-26-31(33(39)34(32(26)38)17-7-3-6-10-29(36)37)27-20-40-28(30(21)27)16-13-24(23-8-4-2-5-9-23)19-22-11-14-25(35)15-12-22/h2,4-5,8-9,11-12,14-15,19,26-28,31,35H,3,6-7,10,13,16-18,20H2,1H3,(H,36,37)/b24-19-/t26-,27+,28-,31-/m1/s1. The Labute approximate surface area is 235 Å². The molecule has 0 radical (unpaired) electrons. The number of carboxylic acids is 1. The van der Waals surface area contributed by atoms with E-state index in [0.717, 1.165) is 24.0 Å². The topological polar surface area (TPSA) is 104 Å². The zero-order valence-electron chi connectivity index (χ0n) is 22.9. The summed E-state index contributed by atoms with van der Waals surface area (Å²) in [6, 6.07) is 17.4. The fraction of sp³-hybridized carbons (Fsp3) is 0.424. The zero-order valence-corrected chi connectivity index (χ0v) is 22.9. The van der Waals surface area contributed by atoms with Crippen LogP contribution < -0.4 is 0 Å². The van der Waals surface area contributed by atoms with Crippen molar-refractivity contribution in [3.8, 4) is 5.75 Å². The van der Waals surface area contributed by atoms with Crippen molar-refractivity contribution >= 4 is 29.4 Å². The summed E-state index contributed by atoms with van der Waals surface area (Å²) in [5.41, 5.74) is 5.68. The van der Waals surface area contributed by atoms with Gasteiger partial charge in [-0.15, -0.1) is 0 Å². The number of benzene rings is 2. The minimum absolute atomic E-state index is 0.0709. The molecule has 2 N–H and O–H groups in total. The van der Waals surface area contributed by atoms with Crippen molar-refractivity contribution in [2.45, 2.75) is 58.0 Å². The number of ether oxygens (including phenoxy) is 1. The van der Waals surface area contributed by atoms with Gasteiger partial charge in [0.25, 0.3) is 0 Å². The molecule has 0 saturated carbocycles. The average molecular weight is 544 g/mol. The molecule has 2 aromatic carbocycles. The minimum Gasteiger partial charge on any atom is -0.508 e. The van der Waals surface area contributed by atoms with Crippen molar-refractivity contribution in [3.63, 3.8) is 0 Å². The van der Waals surface area contributed by atoms with Crippen molar-refractivity contribution < 1.29 is 29.3 Å². The van der Waals surface area contributed by atoms with E-state index < -0.39 is 5.97 Å². The van der Waals surface area contributed by atoms with Gasteiger partial charge in [0.1, 0.15) is 5.75 Å². The van der Waals surface area contributed by atoms with Crippen LogP contribution in [0.3, 0.4) is 0 Å². The van der Waals surface area contributed by atoms with E-state index in [0.29, 0.717) is 38.8 Å². The number of imide groups is 1. The molecular formula is C33H37NO6. The summed E-state index contributed by atoms with van der Waals surface area (Å²) in [6.45, 7) is 2.89. The van der Waals surface area contributed by atoms with Crippen LogP contribution in [0.4, 0.5) is 0 Å². The maximum absolute atomic E-state index is 13.5. The minimum atomic E-state index is -0.823. The lowest BCUT2D eigenvalue weighted by Crippen LogP contribution is -2.34. The summed E-state index contributed by atoms with van der Waals surface area (Å²) >= 11 is 0. The summed E-state index contributed by atoms with van der Waals surface area (Å²) < 4.78 is 6.33. The summed E-state index contributed by atoms with van der Waals surface area (Å²) in [7, 11) is 0. The molecule has 2 aliphatic heterocycles. The van der Waals surface area contributed by atoms with E-state index in [1.54, 1.807) is 12.1 Å². The van der Waals surface area contributed by atoms with Crippen LogP contribution in [0.1, 0.15) is 63.0 Å². The summed E-state index contributed by atoms with van der Waals surface area (Å²) in [6.07, 6.45) is 6.16. The number of rotatable bonds is 11. The van der Waals surface area contributed by atoms with E-state index in [1.807, 2.05) is 30.3 Å². The molecule has 0 spiro atoms. The summed E-state index contributed by atoms with van der Waals surface area (Å²) in [5, 5.41) is 18.5. The van der Waals surface area contributed by atoms with Crippen LogP contribution in [0.5, 0.6) is 5.75 Å². The Morgan fingerprint density at radius 3 is 2.45 bits per heavy atom. The van der Waals surface area contributed by atoms with E-state index in [1.165, 1.54) is 21.6 Å². The third-order valence-electron chi connectivity index (χ3n) is 8.57. The van der Waals surface area contributed by atoms with Crippen LogP contribution in [0, 0.1) is 17.8 Å². The van der Waals surface area contributed by atoms with Gasteiger partial charge in [0.15, 0.2) is 0 Å². The molecule has 0 unspecified atom stereocenters. The monoisotopic (exact) mass is 543 g/mol. The van der Waals surface area contributed by atoms with Gasteiger partial charge in [-0.2, -0.15) is 0 Å². The number of aliphatic carboxylic acids is 1. The van der Waals surface area contributed by atoms with E-state index in [2.05, 4.69) is 25.1 Å². The van der Waals surface area contributed by atoms with Gasteiger partial charge in [-0.3, -0.25) is 19.3 Å². The molecule has 210 valence electrons. The Morgan fingerprint density at radius 2 is 1.73 bits per heavy atom. The van der Waals surface area contributed by atoms with Gasteiger partial charge in [0, 0.05) is 18.9 Å². The summed E-state index contributed by atoms with van der Waals surface area (Å²) in [4.78, 5) is 38.9. The van der Waals surface area contributed by atoms with Gasteiger partial charge in [-0.05, 0) is 73.4 Å². The molecule has 40 heavy (non-hydrogen) atoms. The molecule has 7 heteroatoms. The second kappa shape index (κ2) is 12.2. The molecule has 2 aromatic rings. The molecule has 5 rings (SSSR count). The first-order valence-corrected chi connectivity index (χ1v) is 14.3. The van der Waals surface area contributed by atoms with Crippen molar-refractivity contribution in [1.82, 2.24) is 4.90 Å². The lowest BCUT2D eigenvalue weighted by Gasteiger charge is -2.30. The molecule has 0 aromatic heterocycles. The first-order chi connectivity index (χ1) is 19.3. The molecule has 2 heterocycles. The number of fused-ring (bicyclic) bond motifs is 3. The third-order valence-corrected chi connectivity index (χ3v) is 8.57.